The minimum Gasteiger partial charge on any atom is -0.330 e. The summed E-state index contributed by atoms with van der Waals surface area (Å²) < 4.78 is 38.2. The van der Waals surface area contributed by atoms with Crippen LogP contribution in [0.4, 0.5) is 13.2 Å². The van der Waals surface area contributed by atoms with Crippen molar-refractivity contribution in [2.24, 2.45) is 5.73 Å². The summed E-state index contributed by atoms with van der Waals surface area (Å²) in [6.45, 7) is 4.27. The van der Waals surface area contributed by atoms with E-state index >= 15 is 0 Å². The SMILES string of the molecule is Cc1nc(C(CN)Cc2cccc(C(F)(F)F)c2)sc1C. The number of nitrogens with two attached hydrogens (primary N) is 1. The molecule has 6 heteroatoms. The number of alkyl halides is 3. The lowest BCUT2D eigenvalue weighted by Crippen LogP contribution is -2.15. The molecule has 2 nitrogen and oxygen atoms in total. The molecule has 0 amide bonds. The van der Waals surface area contributed by atoms with Crippen LogP contribution in [-0.4, -0.2) is 11.5 Å². The highest BCUT2D eigenvalue weighted by Crippen LogP contribution is 2.31. The summed E-state index contributed by atoms with van der Waals surface area (Å²) in [5.41, 5.74) is 6.74. The van der Waals surface area contributed by atoms with Gasteiger partial charge in [0.2, 0.25) is 0 Å². The van der Waals surface area contributed by atoms with Crippen molar-refractivity contribution in [1.82, 2.24) is 4.98 Å². The van der Waals surface area contributed by atoms with Gasteiger partial charge in [-0.1, -0.05) is 18.2 Å². The molecule has 0 aliphatic carbocycles. The highest BCUT2D eigenvalue weighted by Gasteiger charge is 2.30. The van der Waals surface area contributed by atoms with Gasteiger partial charge in [-0.2, -0.15) is 13.2 Å². The molecule has 0 spiro atoms. The maximum Gasteiger partial charge on any atom is 0.416 e. The Morgan fingerprint density at radius 1 is 1.29 bits per heavy atom. The van der Waals surface area contributed by atoms with E-state index in [0.29, 0.717) is 18.5 Å². The van der Waals surface area contributed by atoms with Crippen molar-refractivity contribution in [2.75, 3.05) is 6.54 Å². The van der Waals surface area contributed by atoms with Gasteiger partial charge in [-0.15, -0.1) is 11.3 Å². The fourth-order valence-electron chi connectivity index (χ4n) is 2.10. The summed E-state index contributed by atoms with van der Waals surface area (Å²) in [7, 11) is 0. The van der Waals surface area contributed by atoms with Crippen molar-refractivity contribution in [3.05, 3.63) is 51.0 Å². The van der Waals surface area contributed by atoms with E-state index in [1.54, 1.807) is 17.4 Å². The Kier molecular flexibility index (Phi) is 4.68. The van der Waals surface area contributed by atoms with Gasteiger partial charge in [0.05, 0.1) is 16.3 Å². The van der Waals surface area contributed by atoms with Gasteiger partial charge in [-0.25, -0.2) is 4.98 Å². The van der Waals surface area contributed by atoms with Gasteiger partial charge in [0.1, 0.15) is 0 Å². The Morgan fingerprint density at radius 3 is 2.52 bits per heavy atom. The molecular formula is C15H17F3N2S. The van der Waals surface area contributed by atoms with Gasteiger partial charge < -0.3 is 5.73 Å². The second-order valence-corrected chi connectivity index (χ2v) is 6.26. The van der Waals surface area contributed by atoms with Crippen molar-refractivity contribution < 1.29 is 13.2 Å². The maximum atomic E-state index is 12.7. The molecule has 0 radical (unpaired) electrons. The molecule has 1 aromatic heterocycles. The highest BCUT2D eigenvalue weighted by atomic mass is 32.1. The molecule has 114 valence electrons. The lowest BCUT2D eigenvalue weighted by molar-refractivity contribution is -0.137. The molecule has 0 fully saturated rings. The summed E-state index contributed by atoms with van der Waals surface area (Å²) in [6, 6.07) is 5.41. The van der Waals surface area contributed by atoms with E-state index in [0.717, 1.165) is 21.6 Å². The van der Waals surface area contributed by atoms with Gasteiger partial charge in [0, 0.05) is 17.3 Å². The van der Waals surface area contributed by atoms with Crippen LogP contribution in [0.25, 0.3) is 0 Å². The molecule has 1 aromatic carbocycles. The molecule has 1 unspecified atom stereocenters. The number of aromatic nitrogens is 1. The molecule has 0 saturated heterocycles. The third kappa shape index (κ3) is 3.83. The fourth-order valence-corrected chi connectivity index (χ4v) is 3.14. The van der Waals surface area contributed by atoms with Gasteiger partial charge in [0.15, 0.2) is 0 Å². The van der Waals surface area contributed by atoms with Crippen molar-refractivity contribution in [2.45, 2.75) is 32.4 Å². The fraction of sp³-hybridized carbons (Fsp3) is 0.400. The van der Waals surface area contributed by atoms with Crippen LogP contribution in [0.1, 0.15) is 32.6 Å². The average Bonchev–Trinajstić information content (AvgIpc) is 2.75. The summed E-state index contributed by atoms with van der Waals surface area (Å²) in [5, 5.41) is 0.893. The van der Waals surface area contributed by atoms with E-state index in [1.165, 1.54) is 12.1 Å². The third-order valence-corrected chi connectivity index (χ3v) is 4.65. The van der Waals surface area contributed by atoms with E-state index < -0.39 is 11.7 Å². The van der Waals surface area contributed by atoms with Crippen LogP contribution in [0.15, 0.2) is 24.3 Å². The van der Waals surface area contributed by atoms with Gasteiger partial charge in [0.25, 0.3) is 0 Å². The normalized spacial score (nSPS) is 13.4. The van der Waals surface area contributed by atoms with E-state index in [-0.39, 0.29) is 5.92 Å². The Morgan fingerprint density at radius 2 is 2.00 bits per heavy atom. The topological polar surface area (TPSA) is 38.9 Å². The third-order valence-electron chi connectivity index (χ3n) is 3.42. The predicted molar refractivity (Wildman–Crippen MR) is 78.5 cm³/mol. The summed E-state index contributed by atoms with van der Waals surface area (Å²) in [6.07, 6.45) is -3.85. The van der Waals surface area contributed by atoms with Crippen LogP contribution in [0, 0.1) is 13.8 Å². The van der Waals surface area contributed by atoms with E-state index in [4.69, 9.17) is 5.73 Å². The van der Waals surface area contributed by atoms with Crippen LogP contribution >= 0.6 is 11.3 Å². The number of hydrogen-bond acceptors (Lipinski definition) is 3. The Hall–Kier alpha value is -1.40. The van der Waals surface area contributed by atoms with Crippen LogP contribution in [-0.2, 0) is 12.6 Å². The molecule has 21 heavy (non-hydrogen) atoms. The monoisotopic (exact) mass is 314 g/mol. The van der Waals surface area contributed by atoms with E-state index in [9.17, 15) is 13.2 Å². The van der Waals surface area contributed by atoms with Gasteiger partial charge in [-0.3, -0.25) is 0 Å². The van der Waals surface area contributed by atoms with Gasteiger partial charge in [-0.05, 0) is 31.9 Å². The maximum absolute atomic E-state index is 12.7. The zero-order valence-electron chi connectivity index (χ0n) is 11.9. The number of thiazole rings is 1. The van der Waals surface area contributed by atoms with Crippen LogP contribution in [0.2, 0.25) is 0 Å². The number of hydrogen-bond donors (Lipinski definition) is 1. The largest absolute Gasteiger partial charge is 0.416 e. The molecule has 2 aromatic rings. The zero-order valence-corrected chi connectivity index (χ0v) is 12.7. The van der Waals surface area contributed by atoms with Gasteiger partial charge >= 0.3 is 6.18 Å². The van der Waals surface area contributed by atoms with E-state index in [1.807, 2.05) is 13.8 Å². The number of aryl methyl sites for hydroxylation is 2. The average molecular weight is 314 g/mol. The second-order valence-electron chi connectivity index (χ2n) is 5.03. The molecular weight excluding hydrogens is 297 g/mol. The smallest absolute Gasteiger partial charge is 0.330 e. The first-order chi connectivity index (χ1) is 9.81. The molecule has 1 heterocycles. The van der Waals surface area contributed by atoms with Crippen LogP contribution in [0.3, 0.4) is 0 Å². The summed E-state index contributed by atoms with van der Waals surface area (Å²) >= 11 is 1.56. The van der Waals surface area contributed by atoms with E-state index in [2.05, 4.69) is 4.98 Å². The highest BCUT2D eigenvalue weighted by molar-refractivity contribution is 7.11. The molecule has 0 saturated carbocycles. The molecule has 0 aliphatic heterocycles. The molecule has 2 N–H and O–H groups in total. The second kappa shape index (κ2) is 6.15. The minimum atomic E-state index is -4.32. The molecule has 0 bridgehead atoms. The Bertz CT molecular complexity index is 600. The standard InChI is InChI=1S/C15H17F3N2S/c1-9-10(2)21-14(20-9)12(8-19)6-11-4-3-5-13(7-11)15(16,17)18/h3-5,7,12H,6,8,19H2,1-2H3. The lowest BCUT2D eigenvalue weighted by Gasteiger charge is -2.13. The minimum absolute atomic E-state index is 0.0501. The Labute approximate surface area is 125 Å². The van der Waals surface area contributed by atoms with Crippen molar-refractivity contribution in [1.29, 1.82) is 0 Å². The lowest BCUT2D eigenvalue weighted by atomic mass is 9.98. The van der Waals surface area contributed by atoms with Crippen molar-refractivity contribution in [3.8, 4) is 0 Å². The van der Waals surface area contributed by atoms with Crippen LogP contribution < -0.4 is 5.73 Å². The quantitative estimate of drug-likeness (QED) is 0.924. The first-order valence-electron chi connectivity index (χ1n) is 6.61. The zero-order chi connectivity index (χ0) is 15.6. The number of benzene rings is 1. The predicted octanol–water partition coefficient (Wildman–Crippen LogP) is 4.06. The van der Waals surface area contributed by atoms with Crippen molar-refractivity contribution >= 4 is 11.3 Å². The Balaban J connectivity index is 2.23. The first-order valence-corrected chi connectivity index (χ1v) is 7.43. The number of halogens is 3. The summed E-state index contributed by atoms with van der Waals surface area (Å²) in [4.78, 5) is 5.58. The first kappa shape index (κ1) is 16.0. The van der Waals surface area contributed by atoms with Crippen LogP contribution in [0.5, 0.6) is 0 Å². The molecule has 2 rings (SSSR count). The molecule has 0 aliphatic rings. The van der Waals surface area contributed by atoms with Crippen molar-refractivity contribution in [3.63, 3.8) is 0 Å². The number of rotatable bonds is 4. The summed E-state index contributed by atoms with van der Waals surface area (Å²) in [5.74, 6) is -0.0501. The number of nitrogens with zero attached hydrogens (tertiary/aromatic N) is 1. The molecule has 1 atom stereocenters.